The highest BCUT2D eigenvalue weighted by Gasteiger charge is 2.27. The molecular weight excluding hydrogens is 454 g/mol. The van der Waals surface area contributed by atoms with Crippen molar-refractivity contribution in [2.45, 2.75) is 95.2 Å². The molecule has 0 aromatic carbocycles. The van der Waals surface area contributed by atoms with Gasteiger partial charge < -0.3 is 15.5 Å². The Hall–Kier alpha value is -2.81. The summed E-state index contributed by atoms with van der Waals surface area (Å²) in [4.78, 5) is 36.9. The number of aromatic nitrogens is 4. The lowest BCUT2D eigenvalue weighted by atomic mass is 9.93. The van der Waals surface area contributed by atoms with E-state index in [0.717, 1.165) is 63.0 Å². The van der Waals surface area contributed by atoms with Gasteiger partial charge in [0.05, 0.1) is 11.7 Å². The van der Waals surface area contributed by atoms with E-state index in [9.17, 15) is 9.59 Å². The standard InChI is InChI=1S/C27H39N7O2/c35-26(30-21-7-6-8-21)15-22(11-14-33-12-4-1-5-13-33)31-27(36)24-16-25(20-17-28-19-29-18-20)34(32-24)23-9-2-3-10-23/h16-19,21-23H,1-15H2,(H,30,35)(H,31,36). The number of likely N-dealkylation sites (tertiary alicyclic amines) is 1. The number of carbonyl (C=O) groups is 2. The Labute approximate surface area is 213 Å². The number of carbonyl (C=O) groups excluding carboxylic acids is 2. The molecule has 9 heteroatoms. The predicted molar refractivity (Wildman–Crippen MR) is 137 cm³/mol. The van der Waals surface area contributed by atoms with E-state index in [1.54, 1.807) is 12.4 Å². The van der Waals surface area contributed by atoms with Gasteiger partial charge in [-0.25, -0.2) is 9.97 Å². The molecule has 2 aliphatic carbocycles. The lowest BCUT2D eigenvalue weighted by molar-refractivity contribution is -0.122. The summed E-state index contributed by atoms with van der Waals surface area (Å²) in [5, 5.41) is 11.1. The summed E-state index contributed by atoms with van der Waals surface area (Å²) in [6.07, 6.45) is 17.6. The molecule has 0 radical (unpaired) electrons. The van der Waals surface area contributed by atoms with Crippen LogP contribution in [-0.4, -0.2) is 68.2 Å². The molecule has 0 spiro atoms. The Morgan fingerprint density at radius 3 is 2.42 bits per heavy atom. The van der Waals surface area contributed by atoms with E-state index in [0.29, 0.717) is 18.2 Å². The third-order valence-corrected chi connectivity index (χ3v) is 7.98. The van der Waals surface area contributed by atoms with Crippen LogP contribution in [0.2, 0.25) is 0 Å². The Bertz CT molecular complexity index is 1010. The summed E-state index contributed by atoms with van der Waals surface area (Å²) in [6.45, 7) is 3.09. The third kappa shape index (κ3) is 6.30. The van der Waals surface area contributed by atoms with E-state index in [1.807, 2.05) is 10.7 Å². The van der Waals surface area contributed by atoms with Crippen LogP contribution in [0, 0.1) is 0 Å². The van der Waals surface area contributed by atoms with Crippen LogP contribution in [0.25, 0.3) is 11.3 Å². The number of amides is 2. The average Bonchev–Trinajstić information content (AvgIpc) is 3.56. The molecule has 9 nitrogen and oxygen atoms in total. The molecule has 1 aliphatic heterocycles. The van der Waals surface area contributed by atoms with E-state index in [2.05, 4.69) is 25.5 Å². The van der Waals surface area contributed by atoms with Gasteiger partial charge in [-0.2, -0.15) is 5.10 Å². The molecule has 3 fully saturated rings. The molecule has 2 aromatic heterocycles. The number of piperidine rings is 1. The van der Waals surface area contributed by atoms with Crippen molar-refractivity contribution in [1.82, 2.24) is 35.3 Å². The van der Waals surface area contributed by atoms with Gasteiger partial charge in [0.15, 0.2) is 5.69 Å². The zero-order valence-corrected chi connectivity index (χ0v) is 21.2. The summed E-state index contributed by atoms with van der Waals surface area (Å²) in [5.74, 6) is -0.188. The molecule has 2 amide bonds. The molecule has 1 saturated heterocycles. The van der Waals surface area contributed by atoms with Crippen LogP contribution in [-0.2, 0) is 4.79 Å². The second kappa shape index (κ2) is 12.0. The molecule has 1 unspecified atom stereocenters. The van der Waals surface area contributed by atoms with Crippen molar-refractivity contribution in [2.24, 2.45) is 0 Å². The van der Waals surface area contributed by atoms with Gasteiger partial charge in [-0.15, -0.1) is 0 Å². The van der Waals surface area contributed by atoms with Gasteiger partial charge in [0.1, 0.15) is 6.33 Å². The summed E-state index contributed by atoms with van der Waals surface area (Å²) >= 11 is 0. The highest BCUT2D eigenvalue weighted by atomic mass is 16.2. The van der Waals surface area contributed by atoms with Crippen molar-refractivity contribution in [3.05, 3.63) is 30.5 Å². The number of nitrogens with one attached hydrogen (secondary N) is 2. The summed E-state index contributed by atoms with van der Waals surface area (Å²) in [6, 6.07) is 2.21. The Morgan fingerprint density at radius 1 is 0.972 bits per heavy atom. The molecule has 2 saturated carbocycles. The second-order valence-electron chi connectivity index (χ2n) is 10.7. The first kappa shape index (κ1) is 24.9. The molecular formula is C27H39N7O2. The minimum absolute atomic E-state index is 0.0299. The maximum atomic E-state index is 13.4. The van der Waals surface area contributed by atoms with Gasteiger partial charge in [-0.3, -0.25) is 14.3 Å². The Balaban J connectivity index is 1.30. The highest BCUT2D eigenvalue weighted by Crippen LogP contribution is 2.33. The molecule has 0 bridgehead atoms. The Morgan fingerprint density at radius 2 is 1.72 bits per heavy atom. The van der Waals surface area contributed by atoms with E-state index in [4.69, 9.17) is 5.10 Å². The van der Waals surface area contributed by atoms with Crippen LogP contribution in [0.5, 0.6) is 0 Å². The van der Waals surface area contributed by atoms with Gasteiger partial charge in [0.25, 0.3) is 5.91 Å². The van der Waals surface area contributed by atoms with Crippen LogP contribution >= 0.6 is 0 Å². The fraction of sp³-hybridized carbons (Fsp3) is 0.667. The average molecular weight is 494 g/mol. The molecule has 194 valence electrons. The molecule has 3 heterocycles. The molecule has 2 aromatic rings. The maximum absolute atomic E-state index is 13.4. The molecule has 3 aliphatic rings. The lowest BCUT2D eigenvalue weighted by Gasteiger charge is -2.29. The van der Waals surface area contributed by atoms with Crippen LogP contribution in [0.3, 0.4) is 0 Å². The van der Waals surface area contributed by atoms with Crippen molar-refractivity contribution < 1.29 is 9.59 Å². The highest BCUT2D eigenvalue weighted by molar-refractivity contribution is 5.94. The second-order valence-corrected chi connectivity index (χ2v) is 10.7. The van der Waals surface area contributed by atoms with Crippen molar-refractivity contribution in [3.8, 4) is 11.3 Å². The first-order valence-electron chi connectivity index (χ1n) is 13.8. The largest absolute Gasteiger partial charge is 0.353 e. The van der Waals surface area contributed by atoms with E-state index >= 15 is 0 Å². The first-order chi connectivity index (χ1) is 17.7. The predicted octanol–water partition coefficient (Wildman–Crippen LogP) is 3.49. The van der Waals surface area contributed by atoms with Crippen LogP contribution in [0.15, 0.2) is 24.8 Å². The number of hydrogen-bond acceptors (Lipinski definition) is 6. The zero-order valence-electron chi connectivity index (χ0n) is 21.2. The fourth-order valence-corrected chi connectivity index (χ4v) is 5.65. The zero-order chi connectivity index (χ0) is 24.7. The number of rotatable bonds is 10. The summed E-state index contributed by atoms with van der Waals surface area (Å²) in [5.41, 5.74) is 2.13. The maximum Gasteiger partial charge on any atom is 0.272 e. The van der Waals surface area contributed by atoms with Crippen molar-refractivity contribution in [3.63, 3.8) is 0 Å². The molecule has 5 rings (SSSR count). The monoisotopic (exact) mass is 493 g/mol. The van der Waals surface area contributed by atoms with Gasteiger partial charge >= 0.3 is 0 Å². The van der Waals surface area contributed by atoms with Crippen LogP contribution in [0.4, 0.5) is 0 Å². The SMILES string of the molecule is O=C(CC(CCN1CCCCC1)NC(=O)c1cc(-c2cncnc2)n(C2CCCC2)n1)NC1CCC1. The summed E-state index contributed by atoms with van der Waals surface area (Å²) in [7, 11) is 0. The van der Waals surface area contributed by atoms with Gasteiger partial charge in [0, 0.05) is 43.0 Å². The minimum Gasteiger partial charge on any atom is -0.353 e. The molecule has 2 N–H and O–H groups in total. The van der Waals surface area contributed by atoms with E-state index < -0.39 is 0 Å². The normalized spacial score (nSPS) is 20.1. The van der Waals surface area contributed by atoms with Crippen molar-refractivity contribution in [1.29, 1.82) is 0 Å². The number of nitrogens with zero attached hydrogens (tertiary/aromatic N) is 5. The fourth-order valence-electron chi connectivity index (χ4n) is 5.65. The van der Waals surface area contributed by atoms with Gasteiger partial charge in [-0.1, -0.05) is 19.3 Å². The molecule has 1 atom stereocenters. The van der Waals surface area contributed by atoms with Crippen molar-refractivity contribution >= 4 is 11.8 Å². The van der Waals surface area contributed by atoms with Gasteiger partial charge in [-0.05, 0) is 70.5 Å². The number of hydrogen-bond donors (Lipinski definition) is 2. The minimum atomic E-state index is -0.223. The quantitative estimate of drug-likeness (QED) is 0.525. The topological polar surface area (TPSA) is 105 Å². The van der Waals surface area contributed by atoms with E-state index in [1.165, 1.54) is 44.9 Å². The van der Waals surface area contributed by atoms with Crippen LogP contribution < -0.4 is 10.6 Å². The third-order valence-electron chi connectivity index (χ3n) is 7.98. The van der Waals surface area contributed by atoms with E-state index in [-0.39, 0.29) is 23.9 Å². The summed E-state index contributed by atoms with van der Waals surface area (Å²) < 4.78 is 1.99. The Kier molecular flexibility index (Phi) is 8.25. The van der Waals surface area contributed by atoms with Gasteiger partial charge in [0.2, 0.25) is 5.91 Å². The molecule has 36 heavy (non-hydrogen) atoms. The smallest absolute Gasteiger partial charge is 0.272 e. The van der Waals surface area contributed by atoms with Crippen molar-refractivity contribution in [2.75, 3.05) is 19.6 Å². The first-order valence-corrected chi connectivity index (χ1v) is 13.8. The van der Waals surface area contributed by atoms with Crippen LogP contribution in [0.1, 0.15) is 93.6 Å². The lowest BCUT2D eigenvalue weighted by Crippen LogP contribution is -2.45.